The molecule has 1 unspecified atom stereocenters. The smallest absolute Gasteiger partial charge is 0.238 e. The monoisotopic (exact) mass is 262 g/mol. The van der Waals surface area contributed by atoms with E-state index in [1.54, 1.807) is 7.11 Å². The normalized spacial score (nSPS) is 19.8. The summed E-state index contributed by atoms with van der Waals surface area (Å²) < 4.78 is 5.19. The van der Waals surface area contributed by atoms with Gasteiger partial charge in [-0.25, -0.2) is 0 Å². The second kappa shape index (κ2) is 5.61. The predicted octanol–water partition coefficient (Wildman–Crippen LogP) is 2.27. The lowest BCUT2D eigenvalue weighted by Crippen LogP contribution is -2.30. The standard InChI is InChI=1S/C15H22N2O2/c1-15(2)8-11(15)9-16-10-14(18)17-12-6-4-5-7-13(12)19-3/h4-7,11,16H,8-10H2,1-3H3,(H,17,18). The van der Waals surface area contributed by atoms with Crippen molar-refractivity contribution in [3.05, 3.63) is 24.3 Å². The Kier molecular flexibility index (Phi) is 4.10. The lowest BCUT2D eigenvalue weighted by atomic mass is 10.1. The molecule has 1 aliphatic carbocycles. The molecule has 0 bridgehead atoms. The Morgan fingerprint density at radius 2 is 2.11 bits per heavy atom. The Morgan fingerprint density at radius 3 is 2.74 bits per heavy atom. The molecule has 4 heteroatoms. The average Bonchev–Trinajstić information content (AvgIpc) is 2.97. The molecule has 2 rings (SSSR count). The third-order valence-electron chi connectivity index (χ3n) is 3.77. The van der Waals surface area contributed by atoms with Crippen LogP contribution in [-0.2, 0) is 4.79 Å². The molecule has 19 heavy (non-hydrogen) atoms. The molecule has 0 aromatic heterocycles. The molecule has 0 aliphatic heterocycles. The molecule has 1 atom stereocenters. The topological polar surface area (TPSA) is 50.4 Å². The second-order valence-corrected chi connectivity index (χ2v) is 5.77. The summed E-state index contributed by atoms with van der Waals surface area (Å²) >= 11 is 0. The molecule has 1 fully saturated rings. The summed E-state index contributed by atoms with van der Waals surface area (Å²) in [6, 6.07) is 7.41. The molecule has 1 aromatic carbocycles. The number of amides is 1. The van der Waals surface area contributed by atoms with E-state index in [4.69, 9.17) is 4.74 Å². The summed E-state index contributed by atoms with van der Waals surface area (Å²) in [5, 5.41) is 6.06. The van der Waals surface area contributed by atoms with Gasteiger partial charge in [-0.1, -0.05) is 26.0 Å². The van der Waals surface area contributed by atoms with Crippen LogP contribution in [0, 0.1) is 11.3 Å². The Morgan fingerprint density at radius 1 is 1.42 bits per heavy atom. The zero-order chi connectivity index (χ0) is 13.9. The maximum absolute atomic E-state index is 11.8. The molecule has 0 spiro atoms. The number of methoxy groups -OCH3 is 1. The number of carbonyl (C=O) groups excluding carboxylic acids is 1. The summed E-state index contributed by atoms with van der Waals surface area (Å²) in [5.74, 6) is 1.34. The number of rotatable bonds is 6. The van der Waals surface area contributed by atoms with Crippen LogP contribution < -0.4 is 15.4 Å². The zero-order valence-electron chi connectivity index (χ0n) is 11.8. The molecular weight excluding hydrogens is 240 g/mol. The van der Waals surface area contributed by atoms with Crippen molar-refractivity contribution in [2.75, 3.05) is 25.5 Å². The molecule has 4 nitrogen and oxygen atoms in total. The third kappa shape index (κ3) is 3.70. The summed E-state index contributed by atoms with van der Waals surface area (Å²) in [7, 11) is 1.60. The largest absolute Gasteiger partial charge is 0.495 e. The van der Waals surface area contributed by atoms with Crippen molar-refractivity contribution in [2.45, 2.75) is 20.3 Å². The number of para-hydroxylation sites is 2. The van der Waals surface area contributed by atoms with Gasteiger partial charge in [0.15, 0.2) is 0 Å². The highest BCUT2D eigenvalue weighted by molar-refractivity contribution is 5.93. The summed E-state index contributed by atoms with van der Waals surface area (Å²) in [5.41, 5.74) is 1.16. The Labute approximate surface area is 114 Å². The minimum atomic E-state index is -0.0389. The average molecular weight is 262 g/mol. The van der Waals surface area contributed by atoms with Crippen LogP contribution >= 0.6 is 0 Å². The van der Waals surface area contributed by atoms with E-state index in [1.165, 1.54) is 6.42 Å². The van der Waals surface area contributed by atoms with Gasteiger partial charge in [0.25, 0.3) is 0 Å². The fourth-order valence-corrected chi connectivity index (χ4v) is 2.23. The number of anilines is 1. The molecular formula is C15H22N2O2. The molecule has 1 saturated carbocycles. The number of benzene rings is 1. The third-order valence-corrected chi connectivity index (χ3v) is 3.77. The number of hydrogen-bond donors (Lipinski definition) is 2. The van der Waals surface area contributed by atoms with E-state index >= 15 is 0 Å². The first-order valence-corrected chi connectivity index (χ1v) is 6.66. The molecule has 2 N–H and O–H groups in total. The van der Waals surface area contributed by atoms with Gasteiger partial charge >= 0.3 is 0 Å². The lowest BCUT2D eigenvalue weighted by molar-refractivity contribution is -0.115. The molecule has 1 aromatic rings. The number of ether oxygens (including phenoxy) is 1. The Bertz CT molecular complexity index is 457. The number of hydrogen-bond acceptors (Lipinski definition) is 3. The van der Waals surface area contributed by atoms with E-state index < -0.39 is 0 Å². The quantitative estimate of drug-likeness (QED) is 0.827. The van der Waals surface area contributed by atoms with Gasteiger partial charge in [-0.2, -0.15) is 0 Å². The van der Waals surface area contributed by atoms with E-state index in [2.05, 4.69) is 24.5 Å². The van der Waals surface area contributed by atoms with Crippen LogP contribution in [0.4, 0.5) is 5.69 Å². The summed E-state index contributed by atoms with van der Waals surface area (Å²) in [6.45, 7) is 5.76. The maximum atomic E-state index is 11.8. The van der Waals surface area contributed by atoms with E-state index in [9.17, 15) is 4.79 Å². The van der Waals surface area contributed by atoms with Crippen LogP contribution in [0.15, 0.2) is 24.3 Å². The first-order chi connectivity index (χ1) is 9.03. The van der Waals surface area contributed by atoms with Crippen molar-refractivity contribution in [2.24, 2.45) is 11.3 Å². The van der Waals surface area contributed by atoms with E-state index in [-0.39, 0.29) is 5.91 Å². The fraction of sp³-hybridized carbons (Fsp3) is 0.533. The lowest BCUT2D eigenvalue weighted by Gasteiger charge is -2.10. The molecule has 1 aliphatic rings. The zero-order valence-corrected chi connectivity index (χ0v) is 11.8. The fourth-order valence-electron chi connectivity index (χ4n) is 2.23. The SMILES string of the molecule is COc1ccccc1NC(=O)CNCC1CC1(C)C. The molecule has 1 amide bonds. The highest BCUT2D eigenvalue weighted by Gasteiger charge is 2.44. The van der Waals surface area contributed by atoms with Gasteiger partial charge < -0.3 is 15.4 Å². The highest BCUT2D eigenvalue weighted by atomic mass is 16.5. The van der Waals surface area contributed by atoms with Gasteiger partial charge in [-0.3, -0.25) is 4.79 Å². The second-order valence-electron chi connectivity index (χ2n) is 5.77. The van der Waals surface area contributed by atoms with Gasteiger partial charge in [0.2, 0.25) is 5.91 Å². The van der Waals surface area contributed by atoms with Crippen molar-refractivity contribution in [3.8, 4) is 5.75 Å². The highest BCUT2D eigenvalue weighted by Crippen LogP contribution is 2.50. The van der Waals surface area contributed by atoms with Crippen molar-refractivity contribution in [1.29, 1.82) is 0 Å². The van der Waals surface area contributed by atoms with Gasteiger partial charge in [0.05, 0.1) is 19.3 Å². The van der Waals surface area contributed by atoms with Crippen molar-refractivity contribution in [3.63, 3.8) is 0 Å². The molecule has 0 radical (unpaired) electrons. The number of carbonyl (C=O) groups is 1. The maximum Gasteiger partial charge on any atom is 0.238 e. The minimum absolute atomic E-state index is 0.0389. The van der Waals surface area contributed by atoms with Crippen LogP contribution in [0.5, 0.6) is 5.75 Å². The van der Waals surface area contributed by atoms with Crippen molar-refractivity contribution < 1.29 is 9.53 Å². The Balaban J connectivity index is 1.75. The predicted molar refractivity (Wildman–Crippen MR) is 76.4 cm³/mol. The van der Waals surface area contributed by atoms with Crippen LogP contribution in [0.2, 0.25) is 0 Å². The molecule has 104 valence electrons. The van der Waals surface area contributed by atoms with Crippen LogP contribution in [-0.4, -0.2) is 26.1 Å². The molecule has 0 saturated heterocycles. The van der Waals surface area contributed by atoms with Crippen LogP contribution in [0.3, 0.4) is 0 Å². The van der Waals surface area contributed by atoms with E-state index in [0.717, 1.165) is 6.54 Å². The van der Waals surface area contributed by atoms with Gasteiger partial charge in [0.1, 0.15) is 5.75 Å². The summed E-state index contributed by atoms with van der Waals surface area (Å²) in [6.07, 6.45) is 1.24. The van der Waals surface area contributed by atoms with Crippen LogP contribution in [0.25, 0.3) is 0 Å². The summed E-state index contributed by atoms with van der Waals surface area (Å²) in [4.78, 5) is 11.8. The van der Waals surface area contributed by atoms with Crippen molar-refractivity contribution >= 4 is 11.6 Å². The van der Waals surface area contributed by atoms with E-state index in [1.807, 2.05) is 24.3 Å². The molecule has 0 heterocycles. The van der Waals surface area contributed by atoms with Gasteiger partial charge in [-0.05, 0) is 36.4 Å². The van der Waals surface area contributed by atoms with Crippen molar-refractivity contribution in [1.82, 2.24) is 5.32 Å². The van der Waals surface area contributed by atoms with Gasteiger partial charge in [0, 0.05) is 0 Å². The first-order valence-electron chi connectivity index (χ1n) is 6.66. The van der Waals surface area contributed by atoms with E-state index in [0.29, 0.717) is 29.3 Å². The van der Waals surface area contributed by atoms with Gasteiger partial charge in [-0.15, -0.1) is 0 Å². The minimum Gasteiger partial charge on any atom is -0.495 e. The van der Waals surface area contributed by atoms with Crippen LogP contribution in [0.1, 0.15) is 20.3 Å². The number of nitrogens with one attached hydrogen (secondary N) is 2. The first kappa shape index (κ1) is 13.9. The Hall–Kier alpha value is -1.55.